The zero-order valence-corrected chi connectivity index (χ0v) is 11.3. The number of phenols is 1. The van der Waals surface area contributed by atoms with E-state index in [1.54, 1.807) is 0 Å². The third-order valence-electron chi connectivity index (χ3n) is 2.64. The van der Waals surface area contributed by atoms with Crippen molar-refractivity contribution in [3.05, 3.63) is 59.9 Å². The number of para-hydroxylation sites is 1. The lowest BCUT2D eigenvalue weighted by Crippen LogP contribution is -2.26. The highest BCUT2D eigenvalue weighted by atomic mass is 32.1. The number of benzene rings is 2. The molecule has 2 aromatic carbocycles. The number of carbonyl (C=O) groups is 1. The van der Waals surface area contributed by atoms with E-state index in [-0.39, 0.29) is 12.2 Å². The topological polar surface area (TPSA) is 52.6 Å². The lowest BCUT2D eigenvalue weighted by molar-refractivity contribution is 0.238. The minimum absolute atomic E-state index is 0.00196. The van der Waals surface area contributed by atoms with Crippen LogP contribution in [0.5, 0.6) is 5.75 Å². The van der Waals surface area contributed by atoms with Crippen LogP contribution in [0.3, 0.4) is 0 Å². The largest absolute Gasteiger partial charge is 0.503 e. The molecule has 0 heterocycles. The maximum Gasteiger partial charge on any atom is 0.332 e. The van der Waals surface area contributed by atoms with E-state index in [1.165, 1.54) is 12.1 Å². The predicted molar refractivity (Wildman–Crippen MR) is 78.1 cm³/mol. The number of nitrogens with zero attached hydrogens (tertiary/aromatic N) is 1. The van der Waals surface area contributed by atoms with Crippen LogP contribution in [0.15, 0.2) is 48.5 Å². The quantitative estimate of drug-likeness (QED) is 0.600. The molecule has 6 heteroatoms. The summed E-state index contributed by atoms with van der Waals surface area (Å²) >= 11 is 4.07. The van der Waals surface area contributed by atoms with E-state index >= 15 is 0 Å². The first-order chi connectivity index (χ1) is 9.58. The van der Waals surface area contributed by atoms with Gasteiger partial charge in [0.15, 0.2) is 11.6 Å². The molecule has 104 valence electrons. The zero-order chi connectivity index (χ0) is 14.5. The van der Waals surface area contributed by atoms with Crippen LogP contribution in [0.2, 0.25) is 0 Å². The summed E-state index contributed by atoms with van der Waals surface area (Å²) in [5, 5.41) is 11.9. The summed E-state index contributed by atoms with van der Waals surface area (Å²) < 4.78 is 14.3. The summed E-state index contributed by atoms with van der Waals surface area (Å²) in [6, 6.07) is 12.6. The molecule has 0 fully saturated rings. The SMILES string of the molecule is O=C(Nc1cccc(F)c1O)N(S)Cc1ccccc1. The van der Waals surface area contributed by atoms with Crippen LogP contribution < -0.4 is 5.32 Å². The molecule has 4 nitrogen and oxygen atoms in total. The number of anilines is 1. The van der Waals surface area contributed by atoms with E-state index in [1.807, 2.05) is 30.3 Å². The second-order valence-corrected chi connectivity index (χ2v) is 4.59. The Morgan fingerprint density at radius 2 is 1.90 bits per heavy atom. The van der Waals surface area contributed by atoms with Crippen LogP contribution in [0, 0.1) is 5.82 Å². The minimum Gasteiger partial charge on any atom is -0.503 e. The Morgan fingerprint density at radius 1 is 1.20 bits per heavy atom. The van der Waals surface area contributed by atoms with Gasteiger partial charge in [0, 0.05) is 0 Å². The first-order valence-corrected chi connectivity index (χ1v) is 6.26. The molecule has 0 radical (unpaired) electrons. The highest BCUT2D eigenvalue weighted by Gasteiger charge is 2.14. The Labute approximate surface area is 121 Å². The number of carbonyl (C=O) groups excluding carboxylic acids is 1. The molecule has 20 heavy (non-hydrogen) atoms. The van der Waals surface area contributed by atoms with E-state index in [9.17, 15) is 14.3 Å². The average molecular weight is 292 g/mol. The molecule has 2 N–H and O–H groups in total. The number of hydrogen-bond acceptors (Lipinski definition) is 3. The van der Waals surface area contributed by atoms with Gasteiger partial charge >= 0.3 is 6.03 Å². The van der Waals surface area contributed by atoms with Gasteiger partial charge in [0.1, 0.15) is 0 Å². The molecule has 0 spiro atoms. The first kappa shape index (κ1) is 14.2. The number of phenolic OH excluding ortho intramolecular Hbond substituents is 1. The van der Waals surface area contributed by atoms with Crippen molar-refractivity contribution >= 4 is 24.5 Å². The van der Waals surface area contributed by atoms with Crippen molar-refractivity contribution < 1.29 is 14.3 Å². The van der Waals surface area contributed by atoms with E-state index in [0.29, 0.717) is 0 Å². The number of urea groups is 1. The van der Waals surface area contributed by atoms with Gasteiger partial charge in [-0.3, -0.25) is 4.31 Å². The molecule has 0 aliphatic heterocycles. The second kappa shape index (κ2) is 6.29. The zero-order valence-electron chi connectivity index (χ0n) is 10.5. The van der Waals surface area contributed by atoms with Gasteiger partial charge in [-0.25, -0.2) is 9.18 Å². The highest BCUT2D eigenvalue weighted by Crippen LogP contribution is 2.26. The minimum atomic E-state index is -0.795. The number of halogens is 1. The number of amides is 2. The number of aromatic hydroxyl groups is 1. The lowest BCUT2D eigenvalue weighted by Gasteiger charge is -2.17. The van der Waals surface area contributed by atoms with Gasteiger partial charge in [-0.2, -0.15) is 0 Å². The first-order valence-electron chi connectivity index (χ1n) is 5.86. The van der Waals surface area contributed by atoms with E-state index in [0.717, 1.165) is 15.9 Å². The molecule has 0 atom stereocenters. The Morgan fingerprint density at radius 3 is 2.60 bits per heavy atom. The Balaban J connectivity index is 2.03. The molecule has 0 saturated heterocycles. The Kier molecular flexibility index (Phi) is 4.47. The van der Waals surface area contributed by atoms with Crippen LogP contribution in [0.1, 0.15) is 5.56 Å². The predicted octanol–water partition coefficient (Wildman–Crippen LogP) is 3.41. The van der Waals surface area contributed by atoms with Crippen molar-refractivity contribution in [2.24, 2.45) is 0 Å². The summed E-state index contributed by atoms with van der Waals surface area (Å²) in [6.45, 7) is 0.284. The van der Waals surface area contributed by atoms with Crippen molar-refractivity contribution in [3.8, 4) is 5.75 Å². The van der Waals surface area contributed by atoms with Gasteiger partial charge in [0.05, 0.1) is 12.2 Å². The van der Waals surface area contributed by atoms with Gasteiger partial charge < -0.3 is 10.4 Å². The standard InChI is InChI=1S/C14H13FN2O2S/c15-11-7-4-8-12(13(11)18)16-14(19)17(20)9-10-5-2-1-3-6-10/h1-8,18,20H,9H2,(H,16,19). The third-order valence-corrected chi connectivity index (χ3v) is 2.96. The molecular weight excluding hydrogens is 279 g/mol. The number of thiol groups is 1. The second-order valence-electron chi connectivity index (χ2n) is 4.11. The van der Waals surface area contributed by atoms with Crippen LogP contribution >= 0.6 is 12.8 Å². The van der Waals surface area contributed by atoms with Gasteiger partial charge in [-0.1, -0.05) is 49.2 Å². The van der Waals surface area contributed by atoms with Crippen LogP contribution in [0.25, 0.3) is 0 Å². The van der Waals surface area contributed by atoms with Crippen LogP contribution in [-0.2, 0) is 6.54 Å². The maximum absolute atomic E-state index is 13.1. The molecule has 0 aromatic heterocycles. The smallest absolute Gasteiger partial charge is 0.332 e. The molecule has 0 bridgehead atoms. The summed E-state index contributed by atoms with van der Waals surface area (Å²) in [6.07, 6.45) is 0. The fraction of sp³-hybridized carbons (Fsp3) is 0.0714. The average Bonchev–Trinajstić information content (AvgIpc) is 2.45. The molecule has 2 aromatic rings. The Bertz CT molecular complexity index is 607. The molecule has 0 unspecified atom stereocenters. The Hall–Kier alpha value is -2.21. The number of hydrogen-bond donors (Lipinski definition) is 3. The fourth-order valence-electron chi connectivity index (χ4n) is 1.62. The van der Waals surface area contributed by atoms with Crippen molar-refractivity contribution in [2.75, 3.05) is 5.32 Å². The fourth-order valence-corrected chi connectivity index (χ4v) is 1.84. The van der Waals surface area contributed by atoms with Crippen LogP contribution in [0.4, 0.5) is 14.9 Å². The normalized spacial score (nSPS) is 10.1. The maximum atomic E-state index is 13.1. The molecule has 0 saturated carbocycles. The van der Waals surface area contributed by atoms with Crippen molar-refractivity contribution in [1.82, 2.24) is 4.31 Å². The lowest BCUT2D eigenvalue weighted by atomic mass is 10.2. The van der Waals surface area contributed by atoms with Gasteiger partial charge in [-0.15, -0.1) is 0 Å². The molecular formula is C14H13FN2O2S. The molecule has 2 rings (SSSR count). The monoisotopic (exact) mass is 292 g/mol. The number of nitrogens with one attached hydrogen (secondary N) is 1. The van der Waals surface area contributed by atoms with Gasteiger partial charge in [0.2, 0.25) is 0 Å². The number of rotatable bonds is 3. The molecule has 0 aliphatic carbocycles. The summed E-state index contributed by atoms with van der Waals surface area (Å²) in [4.78, 5) is 11.9. The summed E-state index contributed by atoms with van der Waals surface area (Å²) in [5.41, 5.74) is 0.906. The van der Waals surface area contributed by atoms with Gasteiger partial charge in [-0.05, 0) is 17.7 Å². The van der Waals surface area contributed by atoms with Crippen molar-refractivity contribution in [3.63, 3.8) is 0 Å². The third kappa shape index (κ3) is 3.42. The van der Waals surface area contributed by atoms with E-state index < -0.39 is 17.6 Å². The molecule has 0 aliphatic rings. The van der Waals surface area contributed by atoms with Crippen LogP contribution in [-0.4, -0.2) is 15.4 Å². The molecule has 2 amide bonds. The summed E-state index contributed by atoms with van der Waals surface area (Å²) in [7, 11) is 0. The highest BCUT2D eigenvalue weighted by molar-refractivity contribution is 7.78. The van der Waals surface area contributed by atoms with Crippen molar-refractivity contribution in [2.45, 2.75) is 6.54 Å². The van der Waals surface area contributed by atoms with E-state index in [2.05, 4.69) is 18.1 Å². The summed E-state index contributed by atoms with van der Waals surface area (Å²) in [5.74, 6) is -1.39. The van der Waals surface area contributed by atoms with E-state index in [4.69, 9.17) is 0 Å². The van der Waals surface area contributed by atoms with Gasteiger partial charge in [0.25, 0.3) is 0 Å². The van der Waals surface area contributed by atoms with Crippen molar-refractivity contribution in [1.29, 1.82) is 0 Å².